The molecule has 1 saturated carbocycles. The van der Waals surface area contributed by atoms with Crippen molar-refractivity contribution in [2.45, 2.75) is 32.7 Å². The highest BCUT2D eigenvalue weighted by atomic mass is 16.2. The summed E-state index contributed by atoms with van der Waals surface area (Å²) in [5, 5.41) is 5.80. The van der Waals surface area contributed by atoms with Crippen molar-refractivity contribution in [3.05, 3.63) is 42.0 Å². The van der Waals surface area contributed by atoms with Crippen molar-refractivity contribution in [1.82, 2.24) is 10.2 Å². The van der Waals surface area contributed by atoms with Gasteiger partial charge in [-0.2, -0.15) is 0 Å². The monoisotopic (exact) mass is 315 g/mol. The zero-order valence-corrected chi connectivity index (χ0v) is 13.9. The van der Waals surface area contributed by atoms with E-state index in [4.69, 9.17) is 0 Å². The van der Waals surface area contributed by atoms with Gasteiger partial charge in [0, 0.05) is 12.6 Å². The van der Waals surface area contributed by atoms with Crippen LogP contribution in [-0.2, 0) is 4.79 Å². The molecule has 2 amide bonds. The van der Waals surface area contributed by atoms with E-state index < -0.39 is 0 Å². The number of para-hydroxylation sites is 1. The number of hydrogen-bond acceptors (Lipinski definition) is 3. The van der Waals surface area contributed by atoms with E-state index in [1.807, 2.05) is 24.8 Å². The molecule has 1 aliphatic rings. The quantitative estimate of drug-likeness (QED) is 0.724. The van der Waals surface area contributed by atoms with Crippen LogP contribution in [0.1, 0.15) is 37.0 Å². The van der Waals surface area contributed by atoms with Gasteiger partial charge in [-0.1, -0.05) is 31.2 Å². The molecule has 1 aliphatic carbocycles. The smallest absolute Gasteiger partial charge is 0.253 e. The number of nitrogens with zero attached hydrogens (tertiary/aromatic N) is 1. The van der Waals surface area contributed by atoms with Gasteiger partial charge < -0.3 is 10.6 Å². The first kappa shape index (κ1) is 17.2. The molecular formula is C18H25N3O2. The fraction of sp³-hybridized carbons (Fsp3) is 0.444. The number of hydrogen-bond donors (Lipinski definition) is 2. The first-order valence-electron chi connectivity index (χ1n) is 8.06. The van der Waals surface area contributed by atoms with Gasteiger partial charge in [-0.25, -0.2) is 0 Å². The average molecular weight is 315 g/mol. The summed E-state index contributed by atoms with van der Waals surface area (Å²) in [6.45, 7) is 9.56. The molecule has 0 atom stereocenters. The van der Waals surface area contributed by atoms with E-state index in [0.717, 1.165) is 25.0 Å². The van der Waals surface area contributed by atoms with Gasteiger partial charge in [-0.05, 0) is 38.4 Å². The summed E-state index contributed by atoms with van der Waals surface area (Å²) in [5.41, 5.74) is 2.08. The molecule has 0 bridgehead atoms. The van der Waals surface area contributed by atoms with Crippen LogP contribution in [0.5, 0.6) is 0 Å². The summed E-state index contributed by atoms with van der Waals surface area (Å²) < 4.78 is 0. The Morgan fingerprint density at radius 2 is 1.96 bits per heavy atom. The molecule has 2 rings (SSSR count). The van der Waals surface area contributed by atoms with E-state index in [2.05, 4.69) is 17.2 Å². The highest BCUT2D eigenvalue weighted by Gasteiger charge is 2.25. The van der Waals surface area contributed by atoms with E-state index in [0.29, 0.717) is 17.8 Å². The highest BCUT2D eigenvalue weighted by molar-refractivity contribution is 6.04. The SMILES string of the molecule is C=C(C)CN(CC)CC(=O)Nc1ccccc1C(=O)NC1CC1. The van der Waals surface area contributed by atoms with Gasteiger partial charge in [0.15, 0.2) is 0 Å². The van der Waals surface area contributed by atoms with E-state index in [9.17, 15) is 9.59 Å². The number of likely N-dealkylation sites (N-methyl/N-ethyl adjacent to an activating group) is 1. The normalized spacial score (nSPS) is 13.7. The number of carbonyl (C=O) groups is 2. The lowest BCUT2D eigenvalue weighted by molar-refractivity contribution is -0.117. The third kappa shape index (κ3) is 5.53. The van der Waals surface area contributed by atoms with Crippen molar-refractivity contribution in [3.63, 3.8) is 0 Å². The van der Waals surface area contributed by atoms with Crippen molar-refractivity contribution in [2.24, 2.45) is 0 Å². The van der Waals surface area contributed by atoms with Crippen LogP contribution in [0.3, 0.4) is 0 Å². The second kappa shape index (κ2) is 7.92. The topological polar surface area (TPSA) is 61.4 Å². The van der Waals surface area contributed by atoms with Gasteiger partial charge in [-0.3, -0.25) is 14.5 Å². The molecule has 5 heteroatoms. The first-order chi connectivity index (χ1) is 11.0. The van der Waals surface area contributed by atoms with E-state index in [1.54, 1.807) is 18.2 Å². The van der Waals surface area contributed by atoms with Gasteiger partial charge in [-0.15, -0.1) is 0 Å². The lowest BCUT2D eigenvalue weighted by atomic mass is 10.1. The van der Waals surface area contributed by atoms with Crippen LogP contribution in [0.4, 0.5) is 5.69 Å². The van der Waals surface area contributed by atoms with Crippen molar-refractivity contribution in [3.8, 4) is 0 Å². The van der Waals surface area contributed by atoms with Crippen LogP contribution in [0.25, 0.3) is 0 Å². The summed E-state index contributed by atoms with van der Waals surface area (Å²) in [6, 6.07) is 7.40. The van der Waals surface area contributed by atoms with Crippen LogP contribution in [0.2, 0.25) is 0 Å². The minimum Gasteiger partial charge on any atom is -0.349 e. The molecule has 1 fully saturated rings. The molecule has 5 nitrogen and oxygen atoms in total. The summed E-state index contributed by atoms with van der Waals surface area (Å²) >= 11 is 0. The fourth-order valence-corrected chi connectivity index (χ4v) is 2.33. The molecule has 2 N–H and O–H groups in total. The van der Waals surface area contributed by atoms with Crippen molar-refractivity contribution >= 4 is 17.5 Å². The van der Waals surface area contributed by atoms with Crippen molar-refractivity contribution in [2.75, 3.05) is 25.0 Å². The van der Waals surface area contributed by atoms with E-state index in [-0.39, 0.29) is 24.4 Å². The van der Waals surface area contributed by atoms with Crippen LogP contribution in [0, 0.1) is 0 Å². The first-order valence-corrected chi connectivity index (χ1v) is 8.06. The highest BCUT2D eigenvalue weighted by Crippen LogP contribution is 2.21. The van der Waals surface area contributed by atoms with Crippen LogP contribution in [-0.4, -0.2) is 42.4 Å². The number of rotatable bonds is 8. The van der Waals surface area contributed by atoms with E-state index >= 15 is 0 Å². The van der Waals surface area contributed by atoms with Gasteiger partial charge in [0.2, 0.25) is 5.91 Å². The van der Waals surface area contributed by atoms with Gasteiger partial charge in [0.1, 0.15) is 0 Å². The molecule has 1 aromatic carbocycles. The number of anilines is 1. The maximum absolute atomic E-state index is 12.3. The molecule has 0 aromatic heterocycles. The van der Waals surface area contributed by atoms with Crippen LogP contribution in [0.15, 0.2) is 36.4 Å². The Morgan fingerprint density at radius 1 is 1.26 bits per heavy atom. The Balaban J connectivity index is 1.99. The van der Waals surface area contributed by atoms with E-state index in [1.165, 1.54) is 0 Å². The van der Waals surface area contributed by atoms with Gasteiger partial charge >= 0.3 is 0 Å². The molecule has 124 valence electrons. The summed E-state index contributed by atoms with van der Waals surface area (Å²) in [7, 11) is 0. The second-order valence-corrected chi connectivity index (χ2v) is 6.10. The predicted molar refractivity (Wildman–Crippen MR) is 92.5 cm³/mol. The third-order valence-corrected chi connectivity index (χ3v) is 3.67. The van der Waals surface area contributed by atoms with Gasteiger partial charge in [0.05, 0.1) is 17.8 Å². The van der Waals surface area contributed by atoms with Crippen molar-refractivity contribution in [1.29, 1.82) is 0 Å². The molecule has 0 heterocycles. The average Bonchev–Trinajstić information content (AvgIpc) is 3.30. The van der Waals surface area contributed by atoms with Crippen LogP contribution < -0.4 is 10.6 Å². The predicted octanol–water partition coefficient (Wildman–Crippen LogP) is 2.42. The number of carbonyl (C=O) groups excluding carboxylic acids is 2. The minimum atomic E-state index is -0.127. The number of benzene rings is 1. The Bertz CT molecular complexity index is 594. The summed E-state index contributed by atoms with van der Waals surface area (Å²) in [6.07, 6.45) is 2.07. The number of amides is 2. The molecule has 23 heavy (non-hydrogen) atoms. The second-order valence-electron chi connectivity index (χ2n) is 6.10. The molecule has 1 aromatic rings. The largest absolute Gasteiger partial charge is 0.349 e. The Labute approximate surface area is 137 Å². The lowest BCUT2D eigenvalue weighted by Crippen LogP contribution is -2.34. The fourth-order valence-electron chi connectivity index (χ4n) is 2.33. The Kier molecular flexibility index (Phi) is 5.93. The Morgan fingerprint density at radius 3 is 2.57 bits per heavy atom. The minimum absolute atomic E-state index is 0.125. The molecule has 0 unspecified atom stereocenters. The Hall–Kier alpha value is -2.14. The zero-order valence-electron chi connectivity index (χ0n) is 13.9. The molecule has 0 aliphatic heterocycles. The van der Waals surface area contributed by atoms with Crippen LogP contribution >= 0.6 is 0 Å². The standard InChI is InChI=1S/C18H25N3O2/c1-4-21(11-13(2)3)12-17(22)20-16-8-6-5-7-15(16)18(23)19-14-9-10-14/h5-8,14H,2,4,9-12H2,1,3H3,(H,19,23)(H,20,22). The maximum Gasteiger partial charge on any atom is 0.253 e. The number of nitrogens with one attached hydrogen (secondary N) is 2. The summed E-state index contributed by atoms with van der Waals surface area (Å²) in [5.74, 6) is -0.252. The molecule has 0 spiro atoms. The third-order valence-electron chi connectivity index (χ3n) is 3.67. The molecular weight excluding hydrogens is 290 g/mol. The lowest BCUT2D eigenvalue weighted by Gasteiger charge is -2.20. The molecule has 0 saturated heterocycles. The van der Waals surface area contributed by atoms with Gasteiger partial charge in [0.25, 0.3) is 5.91 Å². The maximum atomic E-state index is 12.3. The molecule has 0 radical (unpaired) electrons. The van der Waals surface area contributed by atoms with Crippen molar-refractivity contribution < 1.29 is 9.59 Å². The summed E-state index contributed by atoms with van der Waals surface area (Å²) in [4.78, 5) is 26.5. The zero-order chi connectivity index (χ0) is 16.8.